The number of hydrogen-bond acceptors (Lipinski definition) is 6. The predicted molar refractivity (Wildman–Crippen MR) is 109 cm³/mol. The number of carbonyl (C=O) groups is 2. The Labute approximate surface area is 186 Å². The summed E-state index contributed by atoms with van der Waals surface area (Å²) in [6.07, 6.45) is -0.101. The number of piperidine rings is 1. The van der Waals surface area contributed by atoms with Gasteiger partial charge in [-0.3, -0.25) is 4.79 Å². The lowest BCUT2D eigenvalue weighted by Crippen LogP contribution is -2.50. The molecule has 0 radical (unpaired) electrons. The predicted octanol–water partition coefficient (Wildman–Crippen LogP) is 3.55. The minimum Gasteiger partial charge on any atom is -0.475 e. The van der Waals surface area contributed by atoms with Crippen molar-refractivity contribution in [1.29, 1.82) is 0 Å². The summed E-state index contributed by atoms with van der Waals surface area (Å²) in [5, 5.41) is 11.2. The number of carboxylic acid groups (broad SMARTS) is 1. The molecule has 1 spiro atoms. The van der Waals surface area contributed by atoms with Crippen LogP contribution in [0.1, 0.15) is 24.8 Å². The minimum atomic E-state index is -5.08. The van der Waals surface area contributed by atoms with Gasteiger partial charge in [-0.05, 0) is 41.3 Å². The number of aromatic nitrogens is 1. The third kappa shape index (κ3) is 6.67. The number of thiophene rings is 1. The van der Waals surface area contributed by atoms with E-state index in [0.717, 1.165) is 31.4 Å². The van der Waals surface area contributed by atoms with Gasteiger partial charge in [0, 0.05) is 31.8 Å². The van der Waals surface area contributed by atoms with E-state index in [9.17, 15) is 18.0 Å². The van der Waals surface area contributed by atoms with Crippen LogP contribution in [0, 0.1) is 0 Å². The topological polar surface area (TPSA) is 89.0 Å². The molecule has 4 heterocycles. The first kappa shape index (κ1) is 24.0. The van der Waals surface area contributed by atoms with Crippen LogP contribution in [0.15, 0.2) is 41.2 Å². The minimum absolute atomic E-state index is 0.00169. The fraction of sp³-hybridized carbons (Fsp3) is 0.476. The van der Waals surface area contributed by atoms with Crippen LogP contribution in [0.5, 0.6) is 5.88 Å². The average Bonchev–Trinajstić information content (AvgIpc) is 3.39. The molecule has 2 atom stereocenters. The smallest absolute Gasteiger partial charge is 0.475 e. The monoisotopic (exact) mass is 472 g/mol. The summed E-state index contributed by atoms with van der Waals surface area (Å²) in [4.78, 5) is 27.7. The molecule has 7 nitrogen and oxygen atoms in total. The van der Waals surface area contributed by atoms with Gasteiger partial charge in [-0.25, -0.2) is 9.78 Å². The van der Waals surface area contributed by atoms with E-state index in [1.165, 1.54) is 0 Å². The highest BCUT2D eigenvalue weighted by Gasteiger charge is 2.45. The summed E-state index contributed by atoms with van der Waals surface area (Å²) >= 11 is 1.63. The van der Waals surface area contributed by atoms with Gasteiger partial charge in [0.1, 0.15) is 6.10 Å². The summed E-state index contributed by atoms with van der Waals surface area (Å²) < 4.78 is 43.8. The van der Waals surface area contributed by atoms with Crippen molar-refractivity contribution in [3.05, 3.63) is 46.8 Å². The van der Waals surface area contributed by atoms with Crippen LogP contribution in [0.4, 0.5) is 13.2 Å². The van der Waals surface area contributed by atoms with Crippen molar-refractivity contribution < 1.29 is 37.3 Å². The van der Waals surface area contributed by atoms with E-state index < -0.39 is 12.1 Å². The van der Waals surface area contributed by atoms with Crippen molar-refractivity contribution in [2.24, 2.45) is 0 Å². The van der Waals surface area contributed by atoms with E-state index in [1.807, 2.05) is 39.9 Å². The Morgan fingerprint density at radius 3 is 2.75 bits per heavy atom. The van der Waals surface area contributed by atoms with E-state index in [-0.39, 0.29) is 17.6 Å². The molecule has 4 rings (SSSR count). The summed E-state index contributed by atoms with van der Waals surface area (Å²) in [5.41, 5.74) is 0.834. The number of ether oxygens (including phenoxy) is 2. The molecular formula is C21H23F3N2O5S. The van der Waals surface area contributed by atoms with Gasteiger partial charge in [0.15, 0.2) is 0 Å². The van der Waals surface area contributed by atoms with Crippen LogP contribution >= 0.6 is 11.3 Å². The second kappa shape index (κ2) is 10.3. The van der Waals surface area contributed by atoms with Crippen LogP contribution < -0.4 is 4.74 Å². The molecule has 2 saturated heterocycles. The Balaban J connectivity index is 0.000000360. The first-order valence-electron chi connectivity index (χ1n) is 9.97. The highest BCUT2D eigenvalue weighted by molar-refractivity contribution is 7.08. The number of pyridine rings is 1. The normalized spacial score (nSPS) is 22.8. The lowest BCUT2D eigenvalue weighted by atomic mass is 9.89. The zero-order valence-electron chi connectivity index (χ0n) is 17.1. The Morgan fingerprint density at radius 2 is 2.12 bits per heavy atom. The van der Waals surface area contributed by atoms with Crippen molar-refractivity contribution in [2.75, 3.05) is 19.7 Å². The fourth-order valence-corrected chi connectivity index (χ4v) is 4.41. The largest absolute Gasteiger partial charge is 0.490 e. The van der Waals surface area contributed by atoms with Gasteiger partial charge in [-0.1, -0.05) is 6.07 Å². The maximum atomic E-state index is 12.6. The number of halogens is 3. The van der Waals surface area contributed by atoms with Gasteiger partial charge in [-0.15, -0.1) is 0 Å². The van der Waals surface area contributed by atoms with Crippen LogP contribution in [0.3, 0.4) is 0 Å². The number of nitrogens with zero attached hydrogens (tertiary/aromatic N) is 2. The number of rotatable bonds is 4. The molecule has 0 unspecified atom stereocenters. The molecule has 2 aromatic rings. The summed E-state index contributed by atoms with van der Waals surface area (Å²) in [5.74, 6) is -1.93. The molecule has 2 aliphatic heterocycles. The molecule has 0 aliphatic carbocycles. The number of aliphatic carboxylic acids is 1. The molecule has 2 fully saturated rings. The van der Waals surface area contributed by atoms with Crippen molar-refractivity contribution in [2.45, 2.75) is 43.6 Å². The van der Waals surface area contributed by atoms with Crippen molar-refractivity contribution in [1.82, 2.24) is 9.88 Å². The number of carboxylic acids is 1. The van der Waals surface area contributed by atoms with E-state index >= 15 is 0 Å². The molecule has 32 heavy (non-hydrogen) atoms. The number of carbonyl (C=O) groups excluding carboxylic acids is 1. The lowest BCUT2D eigenvalue weighted by Gasteiger charge is -2.39. The number of alkyl halides is 3. The number of hydrogen-bond donors (Lipinski definition) is 1. The Kier molecular flexibility index (Phi) is 7.73. The quantitative estimate of drug-likeness (QED) is 0.732. The van der Waals surface area contributed by atoms with Gasteiger partial charge >= 0.3 is 12.1 Å². The van der Waals surface area contributed by atoms with Crippen LogP contribution in [0.2, 0.25) is 0 Å². The standard InChI is InChI=1S/C19H22N2O3S.C2HF3O2/c22-18(10-15-5-9-25-13-15)21-8-3-6-19(14-21)11-16(12-23-19)24-17-4-1-2-7-20-17;3-2(4,5)1(6)7/h1-2,4-5,7,9,13,16H,3,6,8,10-12,14H2;(H,6,7)/t16-,19+;/m1./s1. The Morgan fingerprint density at radius 1 is 1.34 bits per heavy atom. The van der Waals surface area contributed by atoms with Crippen molar-refractivity contribution in [3.63, 3.8) is 0 Å². The van der Waals surface area contributed by atoms with E-state index in [2.05, 4.69) is 4.98 Å². The van der Waals surface area contributed by atoms with E-state index in [0.29, 0.717) is 25.5 Å². The zero-order valence-corrected chi connectivity index (χ0v) is 17.9. The lowest BCUT2D eigenvalue weighted by molar-refractivity contribution is -0.192. The molecule has 2 aromatic heterocycles. The summed E-state index contributed by atoms with van der Waals surface area (Å²) in [6.45, 7) is 2.04. The number of amides is 1. The highest BCUT2D eigenvalue weighted by Crippen LogP contribution is 2.36. The Hall–Kier alpha value is -2.66. The van der Waals surface area contributed by atoms with Crippen molar-refractivity contribution >= 4 is 23.2 Å². The second-order valence-electron chi connectivity index (χ2n) is 7.64. The molecular weight excluding hydrogens is 449 g/mol. The molecule has 0 bridgehead atoms. The SMILES string of the molecule is O=C(Cc1ccsc1)N1CCC[C@]2(C[C@@H](Oc3ccccn3)CO2)C1.O=C(O)C(F)(F)F. The third-order valence-corrected chi connectivity index (χ3v) is 5.90. The molecule has 11 heteroatoms. The average molecular weight is 472 g/mol. The van der Waals surface area contributed by atoms with Gasteiger partial charge < -0.3 is 19.5 Å². The first-order chi connectivity index (χ1) is 15.2. The molecule has 1 N–H and O–H groups in total. The van der Waals surface area contributed by atoms with Crippen LogP contribution in [0.25, 0.3) is 0 Å². The Bertz CT molecular complexity index is 895. The van der Waals surface area contributed by atoms with Gasteiger partial charge in [-0.2, -0.15) is 24.5 Å². The summed E-state index contributed by atoms with van der Waals surface area (Å²) in [6, 6.07) is 7.67. The number of likely N-dealkylation sites (tertiary alicyclic amines) is 1. The first-order valence-corrected chi connectivity index (χ1v) is 10.9. The zero-order chi connectivity index (χ0) is 23.2. The van der Waals surface area contributed by atoms with Gasteiger partial charge in [0.05, 0.1) is 18.6 Å². The molecule has 2 aliphatic rings. The second-order valence-corrected chi connectivity index (χ2v) is 8.42. The maximum absolute atomic E-state index is 12.6. The highest BCUT2D eigenvalue weighted by atomic mass is 32.1. The molecule has 174 valence electrons. The van der Waals surface area contributed by atoms with Crippen LogP contribution in [-0.2, 0) is 20.7 Å². The van der Waals surface area contributed by atoms with E-state index in [4.69, 9.17) is 19.4 Å². The molecule has 0 saturated carbocycles. The van der Waals surface area contributed by atoms with Gasteiger partial charge in [0.2, 0.25) is 11.8 Å². The molecule has 0 aromatic carbocycles. The van der Waals surface area contributed by atoms with Gasteiger partial charge in [0.25, 0.3) is 0 Å². The fourth-order valence-electron chi connectivity index (χ4n) is 3.74. The van der Waals surface area contributed by atoms with E-state index in [1.54, 1.807) is 17.5 Å². The third-order valence-electron chi connectivity index (χ3n) is 5.17. The van der Waals surface area contributed by atoms with Crippen molar-refractivity contribution in [3.8, 4) is 5.88 Å². The maximum Gasteiger partial charge on any atom is 0.490 e. The molecule has 1 amide bonds. The van der Waals surface area contributed by atoms with Crippen LogP contribution in [-0.4, -0.2) is 64.4 Å². The summed E-state index contributed by atoms with van der Waals surface area (Å²) in [7, 11) is 0.